The van der Waals surface area contributed by atoms with Crippen LogP contribution in [0.4, 0.5) is 5.69 Å². The highest BCUT2D eigenvalue weighted by molar-refractivity contribution is 7.88. The number of hydrogen-bond acceptors (Lipinski definition) is 5. The fraction of sp³-hybridized carbons (Fsp3) is 0.462. The number of carbonyl (C=O) groups excluding carboxylic acids is 1. The lowest BCUT2D eigenvalue weighted by Gasteiger charge is -2.33. The number of rotatable bonds is 4. The largest absolute Gasteiger partial charge is 0.399 e. The van der Waals surface area contributed by atoms with Crippen molar-refractivity contribution < 1.29 is 17.9 Å². The Labute approximate surface area is 124 Å². The van der Waals surface area contributed by atoms with Crippen LogP contribution in [-0.2, 0) is 25.3 Å². The van der Waals surface area contributed by atoms with Crippen molar-refractivity contribution in [1.82, 2.24) is 9.62 Å². The molecule has 0 radical (unpaired) electrons. The SMILES string of the molecule is CNC(=O)C1COCCN1S(=O)(=O)Cc1ccc(N)cc1. The molecule has 0 aliphatic carbocycles. The van der Waals surface area contributed by atoms with E-state index >= 15 is 0 Å². The van der Waals surface area contributed by atoms with Crippen molar-refractivity contribution in [3.63, 3.8) is 0 Å². The van der Waals surface area contributed by atoms with Gasteiger partial charge < -0.3 is 15.8 Å². The van der Waals surface area contributed by atoms with Gasteiger partial charge in [0.05, 0.1) is 19.0 Å². The van der Waals surface area contributed by atoms with E-state index in [0.717, 1.165) is 0 Å². The van der Waals surface area contributed by atoms with Crippen LogP contribution >= 0.6 is 0 Å². The van der Waals surface area contributed by atoms with Crippen molar-refractivity contribution in [3.8, 4) is 0 Å². The van der Waals surface area contributed by atoms with Crippen LogP contribution in [0.25, 0.3) is 0 Å². The first-order valence-electron chi connectivity index (χ1n) is 6.57. The van der Waals surface area contributed by atoms with Gasteiger partial charge >= 0.3 is 0 Å². The number of amides is 1. The van der Waals surface area contributed by atoms with Gasteiger partial charge in [0.25, 0.3) is 0 Å². The number of morpholine rings is 1. The quantitative estimate of drug-likeness (QED) is 0.733. The summed E-state index contributed by atoms with van der Waals surface area (Å²) in [6.07, 6.45) is 0. The van der Waals surface area contributed by atoms with Crippen LogP contribution in [0, 0.1) is 0 Å². The minimum atomic E-state index is -3.60. The molecule has 1 aliphatic heterocycles. The molecule has 2 rings (SSSR count). The minimum absolute atomic E-state index is 0.0701. The van der Waals surface area contributed by atoms with Crippen molar-refractivity contribution in [3.05, 3.63) is 29.8 Å². The summed E-state index contributed by atoms with van der Waals surface area (Å²) in [7, 11) is -2.13. The molecule has 1 aliphatic rings. The number of sulfonamides is 1. The van der Waals surface area contributed by atoms with E-state index in [1.807, 2.05) is 0 Å². The molecule has 0 aromatic heterocycles. The van der Waals surface area contributed by atoms with Gasteiger partial charge in [-0.2, -0.15) is 4.31 Å². The van der Waals surface area contributed by atoms with Crippen LogP contribution in [0.3, 0.4) is 0 Å². The number of hydrogen-bond donors (Lipinski definition) is 2. The molecular weight excluding hydrogens is 294 g/mol. The van der Waals surface area contributed by atoms with Gasteiger partial charge in [-0.1, -0.05) is 12.1 Å². The molecule has 1 fully saturated rings. The van der Waals surface area contributed by atoms with Gasteiger partial charge in [-0.3, -0.25) is 4.79 Å². The van der Waals surface area contributed by atoms with Crippen molar-refractivity contribution in [2.75, 3.05) is 32.5 Å². The summed E-state index contributed by atoms with van der Waals surface area (Å²) < 4.78 is 31.5. The average Bonchev–Trinajstić information content (AvgIpc) is 2.48. The Hall–Kier alpha value is -1.64. The predicted octanol–water partition coefficient (Wildman–Crippen LogP) is -0.455. The number of carbonyl (C=O) groups is 1. The highest BCUT2D eigenvalue weighted by atomic mass is 32.2. The highest BCUT2D eigenvalue weighted by Crippen LogP contribution is 2.18. The molecule has 1 heterocycles. The molecular formula is C13H19N3O4S. The van der Waals surface area contributed by atoms with Crippen LogP contribution in [0.5, 0.6) is 0 Å². The topological polar surface area (TPSA) is 102 Å². The summed E-state index contributed by atoms with van der Waals surface area (Å²) in [5.74, 6) is -0.531. The zero-order chi connectivity index (χ0) is 15.5. The summed E-state index contributed by atoms with van der Waals surface area (Å²) in [6.45, 7) is 0.532. The van der Waals surface area contributed by atoms with Gasteiger partial charge in [-0.25, -0.2) is 8.42 Å². The molecule has 0 spiro atoms. The smallest absolute Gasteiger partial charge is 0.240 e. The van der Waals surface area contributed by atoms with Gasteiger partial charge in [0.15, 0.2) is 0 Å². The number of nitrogens with one attached hydrogen (secondary N) is 1. The van der Waals surface area contributed by atoms with Crippen molar-refractivity contribution in [2.24, 2.45) is 0 Å². The summed E-state index contributed by atoms with van der Waals surface area (Å²) in [5, 5.41) is 2.47. The van der Waals surface area contributed by atoms with Crippen LogP contribution in [0.15, 0.2) is 24.3 Å². The molecule has 1 saturated heterocycles. The third-order valence-electron chi connectivity index (χ3n) is 3.31. The number of anilines is 1. The third-order valence-corrected chi connectivity index (χ3v) is 5.16. The first kappa shape index (κ1) is 15.7. The van der Waals surface area contributed by atoms with Crippen LogP contribution in [-0.4, -0.2) is 51.5 Å². The van der Waals surface area contributed by atoms with Crippen molar-refractivity contribution in [2.45, 2.75) is 11.8 Å². The molecule has 1 unspecified atom stereocenters. The fourth-order valence-electron chi connectivity index (χ4n) is 2.20. The molecule has 0 saturated carbocycles. The Morgan fingerprint density at radius 2 is 2.10 bits per heavy atom. The Morgan fingerprint density at radius 1 is 1.43 bits per heavy atom. The molecule has 8 heteroatoms. The Kier molecular flexibility index (Phi) is 4.81. The Balaban J connectivity index is 2.20. The van der Waals surface area contributed by atoms with Crippen LogP contribution < -0.4 is 11.1 Å². The second-order valence-corrected chi connectivity index (χ2v) is 6.74. The average molecular weight is 313 g/mol. The standard InChI is InChI=1S/C13H19N3O4S/c1-15-13(17)12-8-20-7-6-16(12)21(18,19)9-10-2-4-11(14)5-3-10/h2-5,12H,6-9,14H2,1H3,(H,15,17). The first-order valence-corrected chi connectivity index (χ1v) is 8.18. The summed E-state index contributed by atoms with van der Waals surface area (Å²) in [4.78, 5) is 11.8. The summed E-state index contributed by atoms with van der Waals surface area (Å²) >= 11 is 0. The predicted molar refractivity (Wildman–Crippen MR) is 78.9 cm³/mol. The van der Waals surface area contributed by atoms with E-state index in [0.29, 0.717) is 11.3 Å². The number of nitrogens with two attached hydrogens (primary N) is 1. The zero-order valence-electron chi connectivity index (χ0n) is 11.8. The molecule has 0 bridgehead atoms. The molecule has 21 heavy (non-hydrogen) atoms. The molecule has 1 aromatic rings. The lowest BCUT2D eigenvalue weighted by atomic mass is 10.2. The fourth-order valence-corrected chi connectivity index (χ4v) is 3.88. The summed E-state index contributed by atoms with van der Waals surface area (Å²) in [6, 6.07) is 5.83. The lowest BCUT2D eigenvalue weighted by molar-refractivity contribution is -0.128. The van der Waals surface area contributed by atoms with Crippen molar-refractivity contribution >= 4 is 21.6 Å². The Bertz CT molecular complexity index is 600. The van der Waals surface area contributed by atoms with Gasteiger partial charge in [0, 0.05) is 19.3 Å². The second kappa shape index (κ2) is 6.42. The van der Waals surface area contributed by atoms with E-state index in [9.17, 15) is 13.2 Å². The van der Waals surface area contributed by atoms with Crippen molar-refractivity contribution in [1.29, 1.82) is 0 Å². The van der Waals surface area contributed by atoms with E-state index < -0.39 is 16.1 Å². The molecule has 1 aromatic carbocycles. The third kappa shape index (κ3) is 3.72. The highest BCUT2D eigenvalue weighted by Gasteiger charge is 2.36. The monoisotopic (exact) mass is 313 g/mol. The van der Waals surface area contributed by atoms with Gasteiger partial charge in [-0.15, -0.1) is 0 Å². The first-order chi connectivity index (χ1) is 9.94. The normalized spacial score (nSPS) is 20.1. The van der Waals surface area contributed by atoms with Gasteiger partial charge in [-0.05, 0) is 17.7 Å². The number of nitrogen functional groups attached to an aromatic ring is 1. The number of ether oxygens (including phenoxy) is 1. The maximum Gasteiger partial charge on any atom is 0.240 e. The van der Waals surface area contributed by atoms with Crippen LogP contribution in [0.2, 0.25) is 0 Å². The second-order valence-electron chi connectivity index (χ2n) is 4.81. The number of nitrogens with zero attached hydrogens (tertiary/aromatic N) is 1. The van der Waals surface area contributed by atoms with E-state index in [1.54, 1.807) is 24.3 Å². The minimum Gasteiger partial charge on any atom is -0.399 e. The maximum atomic E-state index is 12.5. The molecule has 7 nitrogen and oxygen atoms in total. The summed E-state index contributed by atoms with van der Waals surface area (Å²) in [5.41, 5.74) is 6.79. The number of benzene rings is 1. The number of likely N-dealkylation sites (N-methyl/N-ethyl adjacent to an activating group) is 1. The van der Waals surface area contributed by atoms with E-state index in [4.69, 9.17) is 10.5 Å². The van der Waals surface area contributed by atoms with Gasteiger partial charge in [0.1, 0.15) is 6.04 Å². The lowest BCUT2D eigenvalue weighted by Crippen LogP contribution is -2.55. The molecule has 3 N–H and O–H groups in total. The molecule has 116 valence electrons. The maximum absolute atomic E-state index is 12.5. The zero-order valence-corrected chi connectivity index (χ0v) is 12.6. The van der Waals surface area contributed by atoms with E-state index in [-0.39, 0.29) is 31.4 Å². The Morgan fingerprint density at radius 3 is 2.71 bits per heavy atom. The van der Waals surface area contributed by atoms with Crippen LogP contribution in [0.1, 0.15) is 5.56 Å². The van der Waals surface area contributed by atoms with E-state index in [2.05, 4.69) is 5.32 Å². The molecule has 1 amide bonds. The van der Waals surface area contributed by atoms with E-state index in [1.165, 1.54) is 11.4 Å². The van der Waals surface area contributed by atoms with Gasteiger partial charge in [0.2, 0.25) is 15.9 Å². The molecule has 1 atom stereocenters.